The van der Waals surface area contributed by atoms with Gasteiger partial charge in [-0.05, 0) is 84.5 Å². The number of nitrogens with zero attached hydrogens (tertiary/aromatic N) is 1. The van der Waals surface area contributed by atoms with E-state index in [9.17, 15) is 4.79 Å². The molecule has 0 saturated heterocycles. The molecule has 0 radical (unpaired) electrons. The Morgan fingerprint density at radius 2 is 1.81 bits per heavy atom. The van der Waals surface area contributed by atoms with E-state index >= 15 is 0 Å². The molecule has 0 unspecified atom stereocenters. The van der Waals surface area contributed by atoms with Gasteiger partial charge in [-0.25, -0.2) is 4.79 Å². The van der Waals surface area contributed by atoms with Gasteiger partial charge in [0, 0.05) is 11.4 Å². The number of urea groups is 1. The number of pyridine rings is 1. The van der Waals surface area contributed by atoms with Crippen molar-refractivity contribution >= 4 is 35.0 Å². The molecule has 0 saturated carbocycles. The second-order valence-corrected chi connectivity index (χ2v) is 8.85. The van der Waals surface area contributed by atoms with Crippen LogP contribution in [0.15, 0.2) is 15.7 Å². The highest BCUT2D eigenvalue weighted by molar-refractivity contribution is 7.99. The highest BCUT2D eigenvalue weighted by Crippen LogP contribution is 2.36. The number of primary amides is 1. The molecule has 4 rings (SSSR count). The Morgan fingerprint density at radius 1 is 1.19 bits per heavy atom. The van der Waals surface area contributed by atoms with Crippen molar-refractivity contribution in [3.63, 3.8) is 0 Å². The van der Waals surface area contributed by atoms with Gasteiger partial charge in [-0.3, -0.25) is 10.1 Å². The maximum atomic E-state index is 11.1. The van der Waals surface area contributed by atoms with Crippen LogP contribution in [-0.4, -0.2) is 11.0 Å². The maximum Gasteiger partial charge on any atom is 0.316 e. The summed E-state index contributed by atoms with van der Waals surface area (Å²) in [6, 6.07) is 1.69. The number of aryl methyl sites for hydroxylation is 2. The molecule has 2 amide bonds. The normalized spacial score (nSPS) is 14.6. The molecule has 0 atom stereocenters. The van der Waals surface area contributed by atoms with Crippen molar-refractivity contribution in [2.24, 2.45) is 10.9 Å². The Morgan fingerprint density at radius 3 is 2.23 bits per heavy atom. The van der Waals surface area contributed by atoms with Gasteiger partial charge in [-0.1, -0.05) is 13.8 Å². The van der Waals surface area contributed by atoms with Gasteiger partial charge >= 0.3 is 6.03 Å². The van der Waals surface area contributed by atoms with Crippen LogP contribution in [0.5, 0.6) is 0 Å². The van der Waals surface area contributed by atoms with Crippen LogP contribution in [0.25, 0.3) is 0 Å². The Bertz CT molecular complexity index is 769. The van der Waals surface area contributed by atoms with Crippen molar-refractivity contribution in [2.75, 3.05) is 5.32 Å². The molecule has 140 valence electrons. The number of hydrogen-bond acceptors (Lipinski definition) is 5. The topological polar surface area (TPSA) is 94.0 Å². The van der Waals surface area contributed by atoms with Crippen molar-refractivity contribution in [1.82, 2.24) is 4.98 Å². The number of anilines is 1. The van der Waals surface area contributed by atoms with Gasteiger partial charge in [0.25, 0.3) is 0 Å². The van der Waals surface area contributed by atoms with Crippen LogP contribution in [0, 0.1) is 0 Å². The lowest BCUT2D eigenvalue weighted by Gasteiger charge is -2.13. The number of amides is 2. The second kappa shape index (κ2) is 8.41. The largest absolute Gasteiger partial charge is 0.351 e. The van der Waals surface area contributed by atoms with E-state index in [0.717, 1.165) is 44.2 Å². The Labute approximate surface area is 163 Å². The highest BCUT2D eigenvalue weighted by atomic mass is 32.2. The van der Waals surface area contributed by atoms with Gasteiger partial charge in [0.05, 0.1) is 9.90 Å². The number of thiophene rings is 1. The van der Waals surface area contributed by atoms with Crippen molar-refractivity contribution < 1.29 is 4.79 Å². The van der Waals surface area contributed by atoms with Crippen LogP contribution in [0.1, 0.15) is 60.7 Å². The smallest absolute Gasteiger partial charge is 0.316 e. The summed E-state index contributed by atoms with van der Waals surface area (Å²) < 4.78 is 1.20. The van der Waals surface area contributed by atoms with E-state index in [-0.39, 0.29) is 0 Å². The molecule has 0 aromatic carbocycles. The first-order valence-electron chi connectivity index (χ1n) is 9.04. The number of rotatable bonds is 3. The van der Waals surface area contributed by atoms with E-state index in [0.29, 0.717) is 5.92 Å². The van der Waals surface area contributed by atoms with Gasteiger partial charge in [0.1, 0.15) is 0 Å². The number of carbonyl (C=O) groups excluding carboxylic acids is 1. The Kier molecular flexibility index (Phi) is 6.21. The summed E-state index contributed by atoms with van der Waals surface area (Å²) in [5, 5.41) is 10.4. The lowest BCUT2D eigenvalue weighted by Crippen LogP contribution is -2.21. The molecule has 0 aliphatic heterocycles. The quantitative estimate of drug-likeness (QED) is 0.678. The summed E-state index contributed by atoms with van der Waals surface area (Å²) in [5.74, 6) is 0.622. The number of fused-ring (bicyclic) bond motifs is 2. The van der Waals surface area contributed by atoms with E-state index < -0.39 is 6.03 Å². The molecule has 0 bridgehead atoms. The number of nitrogens with two attached hydrogens (primary N) is 2. The zero-order chi connectivity index (χ0) is 18.7. The minimum atomic E-state index is -0.464. The zero-order valence-corrected chi connectivity index (χ0v) is 16.9. The second-order valence-electron chi connectivity index (χ2n) is 7.01. The van der Waals surface area contributed by atoms with Crippen LogP contribution in [0.2, 0.25) is 0 Å². The van der Waals surface area contributed by atoms with Crippen molar-refractivity contribution in [1.29, 1.82) is 0 Å². The van der Waals surface area contributed by atoms with E-state index in [1.165, 1.54) is 44.2 Å². The lowest BCUT2D eigenvalue weighted by molar-refractivity contribution is 0.259. The average Bonchev–Trinajstić information content (AvgIpc) is 3.34. The minimum absolute atomic E-state index is 0.464. The molecule has 2 heterocycles. The summed E-state index contributed by atoms with van der Waals surface area (Å²) in [7, 11) is 0. The Balaban J connectivity index is 0.000000170. The predicted octanol–water partition coefficient (Wildman–Crippen LogP) is 4.39. The monoisotopic (exact) mass is 390 g/mol. The molecule has 0 spiro atoms. The number of aromatic nitrogens is 1. The fraction of sp³-hybridized carbons (Fsp3) is 0.474. The third-order valence-corrected chi connectivity index (χ3v) is 6.55. The summed E-state index contributed by atoms with van der Waals surface area (Å²) in [5.41, 5.74) is 12.4. The fourth-order valence-electron chi connectivity index (χ4n) is 3.55. The molecular weight excluding hydrogens is 364 g/mol. The molecule has 5 nitrogen and oxygen atoms in total. The summed E-state index contributed by atoms with van der Waals surface area (Å²) in [6.45, 7) is 4.38. The van der Waals surface area contributed by atoms with E-state index in [1.807, 2.05) is 0 Å². The molecule has 0 fully saturated rings. The van der Waals surface area contributed by atoms with Crippen LogP contribution in [0.4, 0.5) is 10.5 Å². The van der Waals surface area contributed by atoms with E-state index in [1.54, 1.807) is 11.3 Å². The number of hydrogen-bond donors (Lipinski definition) is 3. The maximum absolute atomic E-state index is 11.1. The predicted molar refractivity (Wildman–Crippen MR) is 110 cm³/mol. The van der Waals surface area contributed by atoms with Gasteiger partial charge in [-0.15, -0.1) is 11.3 Å². The first-order chi connectivity index (χ1) is 12.5. The average molecular weight is 391 g/mol. The molecule has 2 aliphatic carbocycles. The molecule has 2 aromatic heterocycles. The summed E-state index contributed by atoms with van der Waals surface area (Å²) in [4.78, 5) is 15.8. The molecule has 7 heteroatoms. The first kappa shape index (κ1) is 19.2. The molecule has 2 aromatic rings. The SMILES string of the molecule is CC(C)c1csc(SN)c1.NC(=O)Nc1c2c(nc3c1CCC3)CCC2. The van der Waals surface area contributed by atoms with Gasteiger partial charge in [-0.2, -0.15) is 0 Å². The third-order valence-electron chi connectivity index (χ3n) is 4.88. The van der Waals surface area contributed by atoms with Crippen molar-refractivity contribution in [3.8, 4) is 0 Å². The van der Waals surface area contributed by atoms with E-state index in [2.05, 4.69) is 30.6 Å². The Hall–Kier alpha value is -1.57. The van der Waals surface area contributed by atoms with Gasteiger partial charge < -0.3 is 11.1 Å². The molecular formula is C19H26N4OS2. The standard InChI is InChI=1S/C12H15N3O.C7H11NS2/c13-12(16)15-11-7-3-1-5-9(7)14-10-6-2-4-8(10)11;1-5(2)6-3-7(10-8)9-4-6/h1-6H2,(H3,13,14,15,16);3-5H,8H2,1-2H3. The van der Waals surface area contributed by atoms with Crippen LogP contribution < -0.4 is 16.2 Å². The number of carbonyl (C=O) groups is 1. The van der Waals surface area contributed by atoms with Gasteiger partial charge in [0.15, 0.2) is 0 Å². The van der Waals surface area contributed by atoms with Crippen molar-refractivity contribution in [2.45, 2.75) is 62.5 Å². The number of nitrogens with one attached hydrogen (secondary N) is 1. The lowest BCUT2D eigenvalue weighted by atomic mass is 10.1. The zero-order valence-electron chi connectivity index (χ0n) is 15.3. The minimum Gasteiger partial charge on any atom is -0.351 e. The summed E-state index contributed by atoms with van der Waals surface area (Å²) >= 11 is 3.04. The fourth-order valence-corrected chi connectivity index (χ4v) is 4.92. The summed E-state index contributed by atoms with van der Waals surface area (Å²) in [6.07, 6.45) is 6.39. The van der Waals surface area contributed by atoms with E-state index in [4.69, 9.17) is 15.9 Å². The third kappa shape index (κ3) is 4.22. The van der Waals surface area contributed by atoms with Crippen LogP contribution in [-0.2, 0) is 25.7 Å². The van der Waals surface area contributed by atoms with Crippen LogP contribution in [0.3, 0.4) is 0 Å². The van der Waals surface area contributed by atoms with Crippen LogP contribution >= 0.6 is 23.3 Å². The first-order valence-corrected chi connectivity index (χ1v) is 10.8. The molecule has 2 aliphatic rings. The van der Waals surface area contributed by atoms with Crippen molar-refractivity contribution in [3.05, 3.63) is 39.5 Å². The molecule has 26 heavy (non-hydrogen) atoms. The molecule has 5 N–H and O–H groups in total. The highest BCUT2D eigenvalue weighted by Gasteiger charge is 2.25. The van der Waals surface area contributed by atoms with Gasteiger partial charge in [0.2, 0.25) is 0 Å².